The Labute approximate surface area is 79.6 Å². The van der Waals surface area contributed by atoms with E-state index in [0.29, 0.717) is 6.42 Å². The van der Waals surface area contributed by atoms with Gasteiger partial charge >= 0.3 is 11.9 Å². The fraction of sp³-hybridized carbons (Fsp3) is 0.778. The lowest BCUT2D eigenvalue weighted by Crippen LogP contribution is -2.29. The Kier molecular flexibility index (Phi) is 8.88. The van der Waals surface area contributed by atoms with Crippen LogP contribution in [0.4, 0.5) is 0 Å². The number of hydrogen-bond donors (Lipinski definition) is 2. The van der Waals surface area contributed by atoms with Crippen LogP contribution in [-0.4, -0.2) is 22.2 Å². The third-order valence-electron chi connectivity index (χ3n) is 1.84. The summed E-state index contributed by atoms with van der Waals surface area (Å²) in [7, 11) is 0. The molecule has 0 radical (unpaired) electrons. The highest BCUT2D eigenvalue weighted by atomic mass is 16.4. The molecule has 0 amide bonds. The van der Waals surface area contributed by atoms with Crippen LogP contribution in [0.3, 0.4) is 0 Å². The molecule has 1 atom stereocenters. The van der Waals surface area contributed by atoms with Crippen LogP contribution in [0.5, 0.6) is 0 Å². The highest BCUT2D eigenvalue weighted by Crippen LogP contribution is 2.25. The summed E-state index contributed by atoms with van der Waals surface area (Å²) in [6.45, 7) is 3.10. The molecule has 0 aromatic carbocycles. The second-order valence-electron chi connectivity index (χ2n) is 2.79. The van der Waals surface area contributed by atoms with E-state index in [1.165, 1.54) is 6.92 Å². The average Bonchev–Trinajstić information content (AvgIpc) is 1.86. The molecule has 0 aliphatic carbocycles. The zero-order valence-electron chi connectivity index (χ0n) is 6.63. The Morgan fingerprint density at radius 1 is 1.23 bits per heavy atom. The zero-order chi connectivity index (χ0) is 9.07. The van der Waals surface area contributed by atoms with E-state index in [9.17, 15) is 9.59 Å². The predicted molar refractivity (Wildman–Crippen MR) is 51.7 cm³/mol. The van der Waals surface area contributed by atoms with Crippen LogP contribution in [0.15, 0.2) is 0 Å². The summed E-state index contributed by atoms with van der Waals surface area (Å²) in [5, 5.41) is 17.0. The second-order valence-corrected chi connectivity index (χ2v) is 2.79. The van der Waals surface area contributed by atoms with E-state index in [2.05, 4.69) is 0 Å². The lowest BCUT2D eigenvalue weighted by molar-refractivity contribution is -0.154. The van der Waals surface area contributed by atoms with Gasteiger partial charge in [0.25, 0.3) is 0 Å². The summed E-state index contributed by atoms with van der Waals surface area (Å²) in [5.74, 6) is -2.13. The summed E-state index contributed by atoms with van der Waals surface area (Å²) >= 11 is 0. The molecule has 80 valence electrons. The van der Waals surface area contributed by atoms with Crippen molar-refractivity contribution in [1.29, 1.82) is 0 Å². The first-order valence-corrected chi connectivity index (χ1v) is 3.37. The lowest BCUT2D eigenvalue weighted by Gasteiger charge is -2.19. The number of carboxylic acid groups (broad SMARTS) is 2. The minimum atomic E-state index is -1.12. The first-order valence-electron chi connectivity index (χ1n) is 3.37. The Morgan fingerprint density at radius 2 is 1.62 bits per heavy atom. The molecule has 0 aromatic heterocycles. The number of carbonyl (C=O) groups is 2. The van der Waals surface area contributed by atoms with Gasteiger partial charge in [0, 0.05) is 0 Å². The van der Waals surface area contributed by atoms with Gasteiger partial charge in [0.2, 0.25) is 0 Å². The van der Waals surface area contributed by atoms with E-state index in [-0.39, 0.29) is 21.3 Å². The Hall–Kier alpha value is -1.06. The van der Waals surface area contributed by atoms with Gasteiger partial charge in [-0.15, -0.1) is 0 Å². The van der Waals surface area contributed by atoms with Gasteiger partial charge in [0.15, 0.2) is 0 Å². The number of carboxylic acids is 2. The van der Waals surface area contributed by atoms with Crippen LogP contribution < -0.4 is 0 Å². The standard InChI is InChI=1S/C7H12O4.2CH4/c1-3-7(2,6(10)11)4-5(8)9;;/h3-4H2,1-2H3,(H,8,9)(H,10,11);2*1H4. The van der Waals surface area contributed by atoms with Crippen LogP contribution in [-0.2, 0) is 9.59 Å². The fourth-order valence-corrected chi connectivity index (χ4v) is 0.686. The second kappa shape index (κ2) is 6.46. The summed E-state index contributed by atoms with van der Waals surface area (Å²) in [4.78, 5) is 20.7. The van der Waals surface area contributed by atoms with E-state index in [1.54, 1.807) is 6.92 Å². The number of rotatable bonds is 4. The van der Waals surface area contributed by atoms with Gasteiger partial charge < -0.3 is 10.2 Å². The smallest absolute Gasteiger partial charge is 0.309 e. The highest BCUT2D eigenvalue weighted by molar-refractivity contribution is 5.80. The molecule has 0 bridgehead atoms. The van der Waals surface area contributed by atoms with Gasteiger partial charge in [-0.1, -0.05) is 21.8 Å². The largest absolute Gasteiger partial charge is 0.481 e. The molecule has 0 aliphatic rings. The molecule has 0 aliphatic heterocycles. The maximum atomic E-state index is 10.5. The van der Waals surface area contributed by atoms with Gasteiger partial charge in [-0.2, -0.15) is 0 Å². The summed E-state index contributed by atoms with van der Waals surface area (Å²) in [6.07, 6.45) is 0.00741. The maximum Gasteiger partial charge on any atom is 0.309 e. The molecule has 0 spiro atoms. The minimum absolute atomic E-state index is 0. The van der Waals surface area contributed by atoms with Crippen LogP contribution in [0.25, 0.3) is 0 Å². The van der Waals surface area contributed by atoms with Crippen molar-refractivity contribution in [2.24, 2.45) is 5.41 Å². The van der Waals surface area contributed by atoms with Crippen molar-refractivity contribution < 1.29 is 19.8 Å². The van der Waals surface area contributed by atoms with Crippen LogP contribution in [0.1, 0.15) is 41.5 Å². The summed E-state index contributed by atoms with van der Waals surface area (Å²) < 4.78 is 0. The van der Waals surface area contributed by atoms with Gasteiger partial charge in [-0.05, 0) is 13.3 Å². The van der Waals surface area contributed by atoms with E-state index in [1.807, 2.05) is 0 Å². The molecule has 0 rings (SSSR count). The van der Waals surface area contributed by atoms with Crippen molar-refractivity contribution in [3.05, 3.63) is 0 Å². The molecule has 4 nitrogen and oxygen atoms in total. The first-order chi connectivity index (χ1) is 4.92. The van der Waals surface area contributed by atoms with Gasteiger partial charge in [-0.3, -0.25) is 9.59 Å². The Bertz CT molecular complexity index is 176. The molecule has 0 aromatic rings. The van der Waals surface area contributed by atoms with Crippen molar-refractivity contribution in [3.8, 4) is 0 Å². The quantitative estimate of drug-likeness (QED) is 0.716. The fourth-order valence-electron chi connectivity index (χ4n) is 0.686. The molecule has 0 heterocycles. The van der Waals surface area contributed by atoms with Crippen molar-refractivity contribution >= 4 is 11.9 Å². The third kappa shape index (κ3) is 5.22. The van der Waals surface area contributed by atoms with Crippen molar-refractivity contribution in [1.82, 2.24) is 0 Å². The molecule has 4 heteroatoms. The normalized spacial score (nSPS) is 13.1. The molecule has 13 heavy (non-hydrogen) atoms. The summed E-state index contributed by atoms with van der Waals surface area (Å²) in [5.41, 5.74) is -1.12. The molecule has 0 saturated carbocycles. The van der Waals surface area contributed by atoms with Crippen molar-refractivity contribution in [2.75, 3.05) is 0 Å². The zero-order valence-corrected chi connectivity index (χ0v) is 6.63. The summed E-state index contributed by atoms with van der Waals surface area (Å²) in [6, 6.07) is 0. The lowest BCUT2D eigenvalue weighted by atomic mass is 9.84. The average molecular weight is 192 g/mol. The van der Waals surface area contributed by atoms with Crippen molar-refractivity contribution in [3.63, 3.8) is 0 Å². The number of aliphatic carboxylic acids is 2. The van der Waals surface area contributed by atoms with Crippen LogP contribution >= 0.6 is 0 Å². The highest BCUT2D eigenvalue weighted by Gasteiger charge is 2.33. The molecule has 2 N–H and O–H groups in total. The van der Waals surface area contributed by atoms with E-state index >= 15 is 0 Å². The van der Waals surface area contributed by atoms with E-state index in [0.717, 1.165) is 0 Å². The Morgan fingerprint density at radius 3 is 1.69 bits per heavy atom. The van der Waals surface area contributed by atoms with E-state index in [4.69, 9.17) is 10.2 Å². The first kappa shape index (κ1) is 17.9. The third-order valence-corrected chi connectivity index (χ3v) is 1.84. The molecular formula is C9H20O4. The Balaban J connectivity index is -0.000000500. The van der Waals surface area contributed by atoms with Crippen molar-refractivity contribution in [2.45, 2.75) is 41.5 Å². The number of hydrogen-bond acceptors (Lipinski definition) is 2. The van der Waals surface area contributed by atoms with Gasteiger partial charge in [0.05, 0.1) is 11.8 Å². The SMILES string of the molecule is C.C.CCC(C)(CC(=O)O)C(=O)O. The van der Waals surface area contributed by atoms with E-state index < -0.39 is 17.4 Å². The van der Waals surface area contributed by atoms with Crippen LogP contribution in [0.2, 0.25) is 0 Å². The molecule has 0 fully saturated rings. The minimum Gasteiger partial charge on any atom is -0.481 e. The molecular weight excluding hydrogens is 172 g/mol. The van der Waals surface area contributed by atoms with Crippen LogP contribution in [0, 0.1) is 5.41 Å². The monoisotopic (exact) mass is 192 g/mol. The maximum absolute atomic E-state index is 10.5. The predicted octanol–water partition coefficient (Wildman–Crippen LogP) is 2.23. The topological polar surface area (TPSA) is 74.6 Å². The van der Waals surface area contributed by atoms with Gasteiger partial charge in [0.1, 0.15) is 0 Å². The van der Waals surface area contributed by atoms with Gasteiger partial charge in [-0.25, -0.2) is 0 Å². The molecule has 0 saturated heterocycles. The molecule has 1 unspecified atom stereocenters.